The van der Waals surface area contributed by atoms with E-state index in [1.807, 2.05) is 0 Å². The molecule has 0 radical (unpaired) electrons. The number of nitrogens with one attached hydrogen (secondary N) is 1. The van der Waals surface area contributed by atoms with Gasteiger partial charge in [-0.3, -0.25) is 0 Å². The van der Waals surface area contributed by atoms with Crippen molar-refractivity contribution in [2.24, 2.45) is 0 Å². The van der Waals surface area contributed by atoms with Gasteiger partial charge in [0.2, 0.25) is 0 Å². The Hall–Kier alpha value is -1.66. The molecule has 0 saturated carbocycles. The molecule has 1 aromatic heterocycles. The van der Waals surface area contributed by atoms with Crippen LogP contribution in [0.2, 0.25) is 0 Å². The summed E-state index contributed by atoms with van der Waals surface area (Å²) in [6.45, 7) is 1.46. The number of nitrogens with zero attached hydrogens (tertiary/aromatic N) is 1. The van der Waals surface area contributed by atoms with Gasteiger partial charge in [-0.1, -0.05) is 12.1 Å². The molecule has 3 heterocycles. The molecule has 1 aromatic carbocycles. The first-order valence-corrected chi connectivity index (χ1v) is 7.30. The van der Waals surface area contributed by atoms with Crippen molar-refractivity contribution in [1.29, 1.82) is 0 Å². The minimum atomic E-state index is -4.39. The third-order valence-electron chi connectivity index (χ3n) is 4.46. The Morgan fingerprint density at radius 1 is 1.04 bits per heavy atom. The van der Waals surface area contributed by atoms with Gasteiger partial charge in [0.05, 0.1) is 11.4 Å². The molecular weight excluding hydrogens is 329 g/mol. The molecule has 2 aliphatic rings. The second-order valence-electron chi connectivity index (χ2n) is 5.75. The molecule has 2 aromatic rings. The molecule has 124 valence electrons. The molecule has 0 atom stereocenters. The van der Waals surface area contributed by atoms with Crippen LogP contribution in [0.4, 0.5) is 13.2 Å². The van der Waals surface area contributed by atoms with Crippen molar-refractivity contribution in [3.05, 3.63) is 47.8 Å². The summed E-state index contributed by atoms with van der Waals surface area (Å²) in [6.07, 6.45) is -3.08. The van der Waals surface area contributed by atoms with Gasteiger partial charge in [0.15, 0.2) is 5.60 Å². The molecule has 0 unspecified atom stereocenters. The van der Waals surface area contributed by atoms with Crippen molar-refractivity contribution >= 4 is 12.4 Å². The summed E-state index contributed by atoms with van der Waals surface area (Å²) in [6, 6.07) is 9.64. The Morgan fingerprint density at radius 2 is 1.74 bits per heavy atom. The summed E-state index contributed by atoms with van der Waals surface area (Å²) in [5, 5.41) is 3.24. The summed E-state index contributed by atoms with van der Waals surface area (Å²) in [5.41, 5.74) is -0.265. The SMILES string of the molecule is Cl.FC(F)(F)c1ccc2n1-c1ccccc1OC21CCNCC1. The average molecular weight is 345 g/mol. The summed E-state index contributed by atoms with van der Waals surface area (Å²) in [4.78, 5) is 0. The largest absolute Gasteiger partial charge is 0.479 e. The van der Waals surface area contributed by atoms with Crippen molar-refractivity contribution in [3.63, 3.8) is 0 Å². The topological polar surface area (TPSA) is 26.2 Å². The highest BCUT2D eigenvalue weighted by molar-refractivity contribution is 5.85. The molecular formula is C16H16ClF3N2O. The lowest BCUT2D eigenvalue weighted by Gasteiger charge is -2.42. The number of fused-ring (bicyclic) bond motifs is 4. The number of benzene rings is 1. The van der Waals surface area contributed by atoms with Gasteiger partial charge in [0, 0.05) is 12.8 Å². The number of halogens is 4. The average Bonchev–Trinajstić information content (AvgIpc) is 2.95. The zero-order valence-electron chi connectivity index (χ0n) is 12.2. The first kappa shape index (κ1) is 16.2. The van der Waals surface area contributed by atoms with Gasteiger partial charge in [-0.25, -0.2) is 0 Å². The van der Waals surface area contributed by atoms with E-state index in [2.05, 4.69) is 5.32 Å². The second-order valence-corrected chi connectivity index (χ2v) is 5.75. The monoisotopic (exact) mass is 344 g/mol. The smallest absolute Gasteiger partial charge is 0.431 e. The van der Waals surface area contributed by atoms with Crippen molar-refractivity contribution in [2.45, 2.75) is 24.6 Å². The van der Waals surface area contributed by atoms with Crippen LogP contribution >= 0.6 is 12.4 Å². The predicted molar refractivity (Wildman–Crippen MR) is 82.4 cm³/mol. The van der Waals surface area contributed by atoms with Gasteiger partial charge < -0.3 is 14.6 Å². The summed E-state index contributed by atoms with van der Waals surface area (Å²) < 4.78 is 47.7. The lowest BCUT2D eigenvalue weighted by Crippen LogP contribution is -2.47. The maximum atomic E-state index is 13.4. The number of hydrogen-bond acceptors (Lipinski definition) is 2. The molecule has 0 bridgehead atoms. The number of ether oxygens (including phenoxy) is 1. The minimum Gasteiger partial charge on any atom is -0.479 e. The standard InChI is InChI=1S/C16H15F3N2O.ClH/c17-16(18,19)14-6-5-13-15(7-9-20-10-8-15)22-12-4-2-1-3-11(12)21(13)14;/h1-6,20H,7-10H2;1H. The molecule has 1 fully saturated rings. The highest BCUT2D eigenvalue weighted by atomic mass is 35.5. The first-order chi connectivity index (χ1) is 10.5. The number of para-hydroxylation sites is 2. The van der Waals surface area contributed by atoms with Crippen LogP contribution in [0.5, 0.6) is 5.75 Å². The van der Waals surface area contributed by atoms with Crippen molar-refractivity contribution < 1.29 is 17.9 Å². The van der Waals surface area contributed by atoms with E-state index in [9.17, 15) is 13.2 Å². The zero-order valence-corrected chi connectivity index (χ0v) is 13.0. The van der Waals surface area contributed by atoms with E-state index < -0.39 is 17.5 Å². The quantitative estimate of drug-likeness (QED) is 0.784. The molecule has 1 saturated heterocycles. The van der Waals surface area contributed by atoms with Crippen LogP contribution in [0.15, 0.2) is 36.4 Å². The molecule has 1 spiro atoms. The Morgan fingerprint density at radius 3 is 2.43 bits per heavy atom. The number of hydrogen-bond donors (Lipinski definition) is 1. The highest BCUT2D eigenvalue weighted by Gasteiger charge is 2.46. The number of aromatic nitrogens is 1. The fourth-order valence-electron chi connectivity index (χ4n) is 3.45. The van der Waals surface area contributed by atoms with Crippen LogP contribution in [-0.2, 0) is 11.8 Å². The number of alkyl halides is 3. The van der Waals surface area contributed by atoms with Gasteiger partial charge in [-0.2, -0.15) is 13.2 Å². The van der Waals surface area contributed by atoms with Crippen LogP contribution in [0, 0.1) is 0 Å². The Labute approximate surface area is 137 Å². The Balaban J connectivity index is 0.00000156. The van der Waals surface area contributed by atoms with Crippen LogP contribution in [-0.4, -0.2) is 17.7 Å². The summed E-state index contributed by atoms with van der Waals surface area (Å²) in [7, 11) is 0. The minimum absolute atomic E-state index is 0. The molecule has 7 heteroatoms. The van der Waals surface area contributed by atoms with E-state index in [0.29, 0.717) is 30.0 Å². The van der Waals surface area contributed by atoms with E-state index in [4.69, 9.17) is 4.74 Å². The molecule has 0 amide bonds. The van der Waals surface area contributed by atoms with Gasteiger partial charge in [-0.05, 0) is 37.4 Å². The van der Waals surface area contributed by atoms with Crippen LogP contribution in [0.3, 0.4) is 0 Å². The van der Waals surface area contributed by atoms with Gasteiger partial charge >= 0.3 is 6.18 Å². The fourth-order valence-corrected chi connectivity index (χ4v) is 3.45. The maximum absolute atomic E-state index is 13.4. The lowest BCUT2D eigenvalue weighted by atomic mass is 9.87. The van der Waals surface area contributed by atoms with E-state index in [1.54, 1.807) is 30.3 Å². The third-order valence-corrected chi connectivity index (χ3v) is 4.46. The first-order valence-electron chi connectivity index (χ1n) is 7.30. The Kier molecular flexibility index (Phi) is 3.84. The molecule has 23 heavy (non-hydrogen) atoms. The van der Waals surface area contributed by atoms with Gasteiger partial charge in [0.1, 0.15) is 11.4 Å². The van der Waals surface area contributed by atoms with Crippen LogP contribution in [0.25, 0.3) is 5.69 Å². The summed E-state index contributed by atoms with van der Waals surface area (Å²) >= 11 is 0. The van der Waals surface area contributed by atoms with E-state index in [1.165, 1.54) is 4.57 Å². The van der Waals surface area contributed by atoms with Crippen LogP contribution in [0.1, 0.15) is 24.2 Å². The van der Waals surface area contributed by atoms with Crippen molar-refractivity contribution in [3.8, 4) is 11.4 Å². The summed E-state index contributed by atoms with van der Waals surface area (Å²) in [5.74, 6) is 0.513. The van der Waals surface area contributed by atoms with Crippen LogP contribution < -0.4 is 10.1 Å². The Bertz CT molecular complexity index is 720. The molecule has 1 N–H and O–H groups in total. The number of piperidine rings is 1. The second kappa shape index (κ2) is 5.46. The van der Waals surface area contributed by atoms with Crippen molar-refractivity contribution in [2.75, 3.05) is 13.1 Å². The maximum Gasteiger partial charge on any atom is 0.431 e. The molecule has 2 aliphatic heterocycles. The van der Waals surface area contributed by atoms with E-state index >= 15 is 0 Å². The molecule has 4 rings (SSSR count). The molecule has 0 aliphatic carbocycles. The van der Waals surface area contributed by atoms with Gasteiger partial charge in [0.25, 0.3) is 0 Å². The van der Waals surface area contributed by atoms with Gasteiger partial charge in [-0.15, -0.1) is 12.4 Å². The third kappa shape index (κ3) is 2.40. The fraction of sp³-hybridized carbons (Fsp3) is 0.375. The van der Waals surface area contributed by atoms with E-state index in [-0.39, 0.29) is 12.4 Å². The lowest BCUT2D eigenvalue weighted by molar-refractivity contribution is -0.143. The normalized spacial score (nSPS) is 18.6. The highest BCUT2D eigenvalue weighted by Crippen LogP contribution is 2.47. The van der Waals surface area contributed by atoms with Crippen molar-refractivity contribution in [1.82, 2.24) is 9.88 Å². The zero-order chi connectivity index (χ0) is 15.4. The van der Waals surface area contributed by atoms with E-state index in [0.717, 1.165) is 19.2 Å². The molecule has 3 nitrogen and oxygen atoms in total. The predicted octanol–water partition coefficient (Wildman–Crippen LogP) is 3.89. The number of rotatable bonds is 0.